The molecule has 0 aromatic heterocycles. The van der Waals surface area contributed by atoms with Crippen molar-refractivity contribution in [1.82, 2.24) is 9.80 Å². The van der Waals surface area contributed by atoms with E-state index in [-0.39, 0.29) is 23.7 Å². The first kappa shape index (κ1) is 17.2. The molecule has 5 heteroatoms. The number of aromatic hydroxyl groups is 1. The molecule has 2 aliphatic rings. The number of phenols is 1. The molecule has 2 aliphatic heterocycles. The Balaban J connectivity index is 1.73. The largest absolute Gasteiger partial charge is 0.508 e. The molecular weight excluding hydrogens is 304 g/mol. The number of ether oxygens (including phenoxy) is 1. The molecule has 0 unspecified atom stereocenters. The summed E-state index contributed by atoms with van der Waals surface area (Å²) in [6.07, 6.45) is 4.22. The van der Waals surface area contributed by atoms with Crippen molar-refractivity contribution >= 4 is 5.91 Å². The summed E-state index contributed by atoms with van der Waals surface area (Å²) in [5.41, 5.74) is 0.799. The van der Waals surface area contributed by atoms with Gasteiger partial charge >= 0.3 is 0 Å². The molecule has 132 valence electrons. The van der Waals surface area contributed by atoms with Crippen LogP contribution in [0.1, 0.15) is 31.2 Å². The third kappa shape index (κ3) is 4.28. The zero-order valence-electron chi connectivity index (χ0n) is 14.5. The molecule has 2 heterocycles. The molecule has 1 aromatic rings. The van der Waals surface area contributed by atoms with Crippen molar-refractivity contribution in [2.75, 3.05) is 33.3 Å². The first-order valence-corrected chi connectivity index (χ1v) is 8.99. The van der Waals surface area contributed by atoms with Crippen LogP contribution < -0.4 is 0 Å². The molecular formula is C19H28N2O3. The number of hydrogen-bond acceptors (Lipinski definition) is 4. The Morgan fingerprint density at radius 1 is 1.33 bits per heavy atom. The Labute approximate surface area is 144 Å². The van der Waals surface area contributed by atoms with Gasteiger partial charge in [-0.3, -0.25) is 4.79 Å². The number of piperidine rings is 1. The summed E-state index contributed by atoms with van der Waals surface area (Å²) in [6, 6.07) is 7.27. The van der Waals surface area contributed by atoms with E-state index >= 15 is 0 Å². The zero-order valence-corrected chi connectivity index (χ0v) is 14.5. The van der Waals surface area contributed by atoms with E-state index in [9.17, 15) is 9.90 Å². The predicted molar refractivity (Wildman–Crippen MR) is 92.7 cm³/mol. The molecule has 1 amide bonds. The molecule has 0 bridgehead atoms. The number of rotatable bonds is 5. The van der Waals surface area contributed by atoms with Crippen molar-refractivity contribution in [2.45, 2.75) is 38.3 Å². The summed E-state index contributed by atoms with van der Waals surface area (Å²) in [4.78, 5) is 17.2. The molecule has 1 aromatic carbocycles. The highest BCUT2D eigenvalue weighted by Crippen LogP contribution is 2.24. The second kappa shape index (κ2) is 7.99. The van der Waals surface area contributed by atoms with Crippen LogP contribution in [-0.2, 0) is 16.1 Å². The standard InChI is InChI=1S/C19H28N2O3/c1-20-10-4-7-16(12-20)19(23)21(14-17-8-5-11-24-17)13-15-6-2-3-9-18(15)22/h2-3,6,9,16-17,22H,4-5,7-8,10-14H2,1H3/t16-,17-/m0/s1. The van der Waals surface area contributed by atoms with E-state index < -0.39 is 0 Å². The monoisotopic (exact) mass is 332 g/mol. The molecule has 1 N–H and O–H groups in total. The van der Waals surface area contributed by atoms with Crippen LogP contribution in [0.25, 0.3) is 0 Å². The lowest BCUT2D eigenvalue weighted by atomic mass is 9.96. The average Bonchev–Trinajstić information content (AvgIpc) is 3.08. The van der Waals surface area contributed by atoms with Gasteiger partial charge in [0.1, 0.15) is 5.75 Å². The summed E-state index contributed by atoms with van der Waals surface area (Å²) < 4.78 is 5.74. The fourth-order valence-electron chi connectivity index (χ4n) is 3.74. The van der Waals surface area contributed by atoms with Crippen LogP contribution >= 0.6 is 0 Å². The molecule has 0 aliphatic carbocycles. The van der Waals surface area contributed by atoms with Crippen molar-refractivity contribution < 1.29 is 14.6 Å². The van der Waals surface area contributed by atoms with Gasteiger partial charge in [-0.05, 0) is 45.3 Å². The number of amides is 1. The number of carbonyl (C=O) groups is 1. The van der Waals surface area contributed by atoms with Crippen LogP contribution in [-0.4, -0.2) is 60.2 Å². The van der Waals surface area contributed by atoms with Gasteiger partial charge in [-0.1, -0.05) is 18.2 Å². The third-order valence-corrected chi connectivity index (χ3v) is 5.09. The van der Waals surface area contributed by atoms with Gasteiger partial charge in [0.05, 0.1) is 12.0 Å². The lowest BCUT2D eigenvalue weighted by molar-refractivity contribution is -0.139. The summed E-state index contributed by atoms with van der Waals surface area (Å²) in [7, 11) is 2.08. The zero-order chi connectivity index (χ0) is 16.9. The van der Waals surface area contributed by atoms with Crippen molar-refractivity contribution in [3.05, 3.63) is 29.8 Å². The number of carbonyl (C=O) groups excluding carboxylic acids is 1. The Morgan fingerprint density at radius 3 is 2.88 bits per heavy atom. The summed E-state index contributed by atoms with van der Waals surface area (Å²) in [6.45, 7) is 3.74. The number of benzene rings is 1. The Morgan fingerprint density at radius 2 is 2.17 bits per heavy atom. The Kier molecular flexibility index (Phi) is 5.74. The molecule has 3 rings (SSSR count). The van der Waals surface area contributed by atoms with Crippen LogP contribution in [0.2, 0.25) is 0 Å². The van der Waals surface area contributed by atoms with Crippen molar-refractivity contribution in [3.8, 4) is 5.75 Å². The van der Waals surface area contributed by atoms with Crippen molar-refractivity contribution in [3.63, 3.8) is 0 Å². The number of para-hydroxylation sites is 1. The van der Waals surface area contributed by atoms with E-state index in [0.29, 0.717) is 13.1 Å². The van der Waals surface area contributed by atoms with Gasteiger partial charge in [0, 0.05) is 31.8 Å². The highest BCUT2D eigenvalue weighted by atomic mass is 16.5. The van der Waals surface area contributed by atoms with Crippen LogP contribution in [0.3, 0.4) is 0 Å². The van der Waals surface area contributed by atoms with Crippen molar-refractivity contribution in [1.29, 1.82) is 0 Å². The smallest absolute Gasteiger partial charge is 0.227 e. The number of hydrogen-bond donors (Lipinski definition) is 1. The van der Waals surface area contributed by atoms with Crippen LogP contribution in [0.4, 0.5) is 0 Å². The SMILES string of the molecule is CN1CCC[C@H](C(=O)N(Cc2ccccc2O)C[C@@H]2CCCO2)C1. The van der Waals surface area contributed by atoms with Gasteiger partial charge in [-0.25, -0.2) is 0 Å². The second-order valence-corrected chi connectivity index (χ2v) is 7.08. The predicted octanol–water partition coefficient (Wildman–Crippen LogP) is 2.24. The highest BCUT2D eigenvalue weighted by Gasteiger charge is 2.30. The van der Waals surface area contributed by atoms with Crippen LogP contribution in [0, 0.1) is 5.92 Å². The lowest BCUT2D eigenvalue weighted by Crippen LogP contribution is -2.45. The highest BCUT2D eigenvalue weighted by molar-refractivity contribution is 5.79. The fraction of sp³-hybridized carbons (Fsp3) is 0.632. The molecule has 24 heavy (non-hydrogen) atoms. The first-order valence-electron chi connectivity index (χ1n) is 8.99. The van der Waals surface area contributed by atoms with E-state index in [2.05, 4.69) is 11.9 Å². The quantitative estimate of drug-likeness (QED) is 0.898. The fourth-order valence-corrected chi connectivity index (χ4v) is 3.74. The minimum Gasteiger partial charge on any atom is -0.508 e. The van der Waals surface area contributed by atoms with E-state index in [1.807, 2.05) is 17.0 Å². The maximum atomic E-state index is 13.1. The Hall–Kier alpha value is -1.59. The molecule has 5 nitrogen and oxygen atoms in total. The topological polar surface area (TPSA) is 53.0 Å². The third-order valence-electron chi connectivity index (χ3n) is 5.09. The van der Waals surface area contributed by atoms with E-state index in [1.54, 1.807) is 12.1 Å². The normalized spacial score (nSPS) is 24.9. The molecule has 0 radical (unpaired) electrons. The first-order chi connectivity index (χ1) is 11.6. The number of nitrogens with zero attached hydrogens (tertiary/aromatic N) is 2. The van der Waals surface area contributed by atoms with Crippen molar-refractivity contribution in [2.24, 2.45) is 5.92 Å². The summed E-state index contributed by atoms with van der Waals surface area (Å²) >= 11 is 0. The second-order valence-electron chi connectivity index (χ2n) is 7.08. The maximum absolute atomic E-state index is 13.1. The summed E-state index contributed by atoms with van der Waals surface area (Å²) in [5, 5.41) is 10.1. The van der Waals surface area contributed by atoms with E-state index in [1.165, 1.54) is 0 Å². The van der Waals surface area contributed by atoms with Crippen LogP contribution in [0.15, 0.2) is 24.3 Å². The van der Waals surface area contributed by atoms with Gasteiger partial charge in [0.2, 0.25) is 5.91 Å². The molecule has 2 saturated heterocycles. The minimum atomic E-state index is 0.0519. The minimum absolute atomic E-state index is 0.0519. The molecule has 0 saturated carbocycles. The lowest BCUT2D eigenvalue weighted by Gasteiger charge is -2.34. The average molecular weight is 332 g/mol. The molecule has 0 spiro atoms. The molecule has 2 atom stereocenters. The van der Waals surface area contributed by atoms with E-state index in [0.717, 1.165) is 50.9 Å². The molecule has 2 fully saturated rings. The number of phenolic OH excluding ortho intramolecular Hbond substituents is 1. The number of likely N-dealkylation sites (tertiary alicyclic amines) is 1. The van der Waals surface area contributed by atoms with Gasteiger partial charge in [0.15, 0.2) is 0 Å². The van der Waals surface area contributed by atoms with E-state index in [4.69, 9.17) is 4.74 Å². The van der Waals surface area contributed by atoms with Crippen LogP contribution in [0.5, 0.6) is 5.75 Å². The van der Waals surface area contributed by atoms with Gasteiger partial charge < -0.3 is 19.6 Å². The maximum Gasteiger partial charge on any atom is 0.227 e. The summed E-state index contributed by atoms with van der Waals surface area (Å²) in [5.74, 6) is 0.500. The Bertz CT molecular complexity index is 557. The van der Waals surface area contributed by atoms with Gasteiger partial charge in [-0.15, -0.1) is 0 Å². The van der Waals surface area contributed by atoms with Gasteiger partial charge in [0.25, 0.3) is 0 Å². The van der Waals surface area contributed by atoms with Gasteiger partial charge in [-0.2, -0.15) is 0 Å².